The zero-order valence-corrected chi connectivity index (χ0v) is 26.6. The predicted molar refractivity (Wildman–Crippen MR) is 168 cm³/mol. The molecule has 234 valence electrons. The Labute approximate surface area is 253 Å². The third kappa shape index (κ3) is 15.8. The first-order chi connectivity index (χ1) is 19.2. The van der Waals surface area contributed by atoms with Crippen LogP contribution in [0.5, 0.6) is 11.5 Å². The van der Waals surface area contributed by atoms with Gasteiger partial charge in [-0.1, -0.05) is 147 Å². The largest absolute Gasteiger partial charge is 0.534 e. The fourth-order valence-corrected chi connectivity index (χ4v) is 5.18. The monoisotopic (exact) mass is 619 g/mol. The van der Waals surface area contributed by atoms with Crippen LogP contribution >= 0.6 is 0 Å². The zero-order chi connectivity index (χ0) is 29.1. The number of alkyl halides is 3. The van der Waals surface area contributed by atoms with Crippen LogP contribution in [0.4, 0.5) is 13.2 Å². The van der Waals surface area contributed by atoms with Gasteiger partial charge in [-0.25, -0.2) is 0 Å². The summed E-state index contributed by atoms with van der Waals surface area (Å²) in [7, 11) is -5.76. The molecule has 0 aliphatic rings. The average molecular weight is 620 g/mol. The SMILES string of the molecule is CCCCCCCCCCCCCCCCCCOc1ccc(OS(=O)(=O)C(F)(F)F)c(Cc2ccccc2)c1.[SH3+]. The Bertz CT molecular complexity index is 1040. The summed E-state index contributed by atoms with van der Waals surface area (Å²) in [4.78, 5) is 0. The lowest BCUT2D eigenvalue weighted by Gasteiger charge is -2.15. The number of halogens is 3. The van der Waals surface area contributed by atoms with E-state index in [0.29, 0.717) is 17.9 Å². The molecule has 4 nitrogen and oxygen atoms in total. The topological polar surface area (TPSA) is 52.6 Å². The molecular weight excluding hydrogens is 569 g/mol. The van der Waals surface area contributed by atoms with Crippen LogP contribution in [0.3, 0.4) is 0 Å². The molecule has 0 atom stereocenters. The van der Waals surface area contributed by atoms with Gasteiger partial charge in [-0.3, -0.25) is 0 Å². The molecule has 0 saturated carbocycles. The van der Waals surface area contributed by atoms with Crippen molar-refractivity contribution in [1.29, 1.82) is 0 Å². The van der Waals surface area contributed by atoms with Crippen molar-refractivity contribution in [2.45, 2.75) is 122 Å². The van der Waals surface area contributed by atoms with Crippen molar-refractivity contribution < 1.29 is 30.5 Å². The third-order valence-corrected chi connectivity index (χ3v) is 7.98. The summed E-state index contributed by atoms with van der Waals surface area (Å²) < 4.78 is 72.1. The Kier molecular flexibility index (Phi) is 19.0. The molecule has 0 aromatic heterocycles. The number of ether oxygens (including phenoxy) is 1. The standard InChI is InChI=1S/C32H47F3O4S.H2S/c1-2-3-4-5-6-7-8-9-10-11-12-13-14-15-16-20-25-38-30-23-24-31(39-40(36,37)32(33,34)35)29(27-30)26-28-21-18-17-19-22-28;/h17-19,21-24,27H,2-16,20,25-26H2,1H3;1H2/p+1. The fraction of sp³-hybridized carbons (Fsp3) is 0.625. The van der Waals surface area contributed by atoms with Crippen LogP contribution in [0.2, 0.25) is 0 Å². The Hall–Kier alpha value is -1.87. The lowest BCUT2D eigenvalue weighted by molar-refractivity contribution is -0.0500. The third-order valence-electron chi connectivity index (χ3n) is 7.02. The van der Waals surface area contributed by atoms with E-state index in [-0.39, 0.29) is 25.7 Å². The van der Waals surface area contributed by atoms with Crippen LogP contribution in [0.1, 0.15) is 121 Å². The van der Waals surface area contributed by atoms with Crippen molar-refractivity contribution in [3.8, 4) is 11.5 Å². The van der Waals surface area contributed by atoms with Gasteiger partial charge in [0.15, 0.2) is 0 Å². The summed E-state index contributed by atoms with van der Waals surface area (Å²) in [5, 5.41) is 0. The van der Waals surface area contributed by atoms with E-state index < -0.39 is 15.6 Å². The van der Waals surface area contributed by atoms with E-state index in [0.717, 1.165) is 24.8 Å². The normalized spacial score (nSPS) is 11.7. The van der Waals surface area contributed by atoms with Crippen molar-refractivity contribution >= 4 is 23.6 Å². The summed E-state index contributed by atoms with van der Waals surface area (Å²) in [6.07, 6.45) is 20.8. The Balaban J connectivity index is 0.00000840. The van der Waals surface area contributed by atoms with Crippen molar-refractivity contribution in [1.82, 2.24) is 0 Å². The van der Waals surface area contributed by atoms with Gasteiger partial charge in [-0.05, 0) is 30.2 Å². The maximum Gasteiger partial charge on any atom is 0.534 e. The molecule has 0 radical (unpaired) electrons. The van der Waals surface area contributed by atoms with E-state index in [4.69, 9.17) is 4.74 Å². The lowest BCUT2D eigenvalue weighted by atomic mass is 10.0. The van der Waals surface area contributed by atoms with Crippen LogP contribution in [0.25, 0.3) is 0 Å². The molecule has 0 fully saturated rings. The van der Waals surface area contributed by atoms with Gasteiger partial charge in [0.1, 0.15) is 11.5 Å². The van der Waals surface area contributed by atoms with Crippen LogP contribution in [0, 0.1) is 0 Å². The molecule has 0 heterocycles. The van der Waals surface area contributed by atoms with Crippen molar-refractivity contribution in [2.24, 2.45) is 0 Å². The van der Waals surface area contributed by atoms with E-state index in [1.54, 1.807) is 18.2 Å². The van der Waals surface area contributed by atoms with Crippen molar-refractivity contribution in [3.63, 3.8) is 0 Å². The Morgan fingerprint density at radius 1 is 0.683 bits per heavy atom. The zero-order valence-electron chi connectivity index (χ0n) is 24.6. The highest BCUT2D eigenvalue weighted by Crippen LogP contribution is 2.32. The molecule has 0 amide bonds. The van der Waals surface area contributed by atoms with Crippen LogP contribution < -0.4 is 8.92 Å². The minimum absolute atomic E-state index is 0. The maximum absolute atomic E-state index is 12.9. The quantitative estimate of drug-likeness (QED) is 0.0570. The molecular formula is C32H50F3O4S2+. The molecule has 0 N–H and O–H groups in total. The van der Waals surface area contributed by atoms with Gasteiger partial charge in [0.05, 0.1) is 6.61 Å². The number of hydrogen-bond acceptors (Lipinski definition) is 4. The van der Waals surface area contributed by atoms with Gasteiger partial charge in [0.25, 0.3) is 0 Å². The number of unbranched alkanes of at least 4 members (excludes halogenated alkanes) is 15. The smallest absolute Gasteiger partial charge is 0.494 e. The predicted octanol–water partition coefficient (Wildman–Crippen LogP) is 9.34. The molecule has 9 heteroatoms. The summed E-state index contributed by atoms with van der Waals surface area (Å²) >= 11 is 0. The molecule has 0 spiro atoms. The van der Waals surface area contributed by atoms with Crippen LogP contribution in [0.15, 0.2) is 48.5 Å². The Morgan fingerprint density at radius 3 is 1.66 bits per heavy atom. The summed E-state index contributed by atoms with van der Waals surface area (Å²) in [6, 6.07) is 13.3. The first-order valence-corrected chi connectivity index (χ1v) is 16.4. The maximum atomic E-state index is 12.9. The van der Waals surface area contributed by atoms with E-state index in [1.807, 2.05) is 18.2 Å². The second-order valence-corrected chi connectivity index (χ2v) is 12.1. The molecule has 2 rings (SSSR count). The lowest BCUT2D eigenvalue weighted by Crippen LogP contribution is -2.28. The van der Waals surface area contributed by atoms with Gasteiger partial charge in [0, 0.05) is 12.0 Å². The molecule has 0 bridgehead atoms. The summed E-state index contributed by atoms with van der Waals surface area (Å²) in [5.41, 5.74) is -4.38. The molecule has 2 aromatic carbocycles. The highest BCUT2D eigenvalue weighted by molar-refractivity contribution is 7.88. The molecule has 0 aliphatic carbocycles. The molecule has 2 aromatic rings. The van der Waals surface area contributed by atoms with Gasteiger partial charge >= 0.3 is 15.6 Å². The van der Waals surface area contributed by atoms with Gasteiger partial charge < -0.3 is 8.92 Å². The molecule has 0 unspecified atom stereocenters. The van der Waals surface area contributed by atoms with Crippen molar-refractivity contribution in [2.75, 3.05) is 6.61 Å². The minimum Gasteiger partial charge on any atom is -0.494 e. The van der Waals surface area contributed by atoms with Gasteiger partial charge in [0.2, 0.25) is 0 Å². The highest BCUT2D eigenvalue weighted by atomic mass is 32.2. The van der Waals surface area contributed by atoms with E-state index in [9.17, 15) is 21.6 Å². The fourth-order valence-electron chi connectivity index (χ4n) is 4.69. The molecule has 0 saturated heterocycles. The molecule has 41 heavy (non-hydrogen) atoms. The molecule has 0 aliphatic heterocycles. The second kappa shape index (κ2) is 20.9. The van der Waals surface area contributed by atoms with Crippen molar-refractivity contribution in [3.05, 3.63) is 59.7 Å². The summed E-state index contributed by atoms with van der Waals surface area (Å²) in [6.45, 7) is 2.75. The highest BCUT2D eigenvalue weighted by Gasteiger charge is 2.48. The number of hydrogen-bond donors (Lipinski definition) is 0. The second-order valence-electron chi connectivity index (χ2n) is 10.6. The van der Waals surface area contributed by atoms with E-state index >= 15 is 0 Å². The van der Waals surface area contributed by atoms with Gasteiger partial charge in [-0.15, -0.1) is 0 Å². The summed E-state index contributed by atoms with van der Waals surface area (Å²) in [5.74, 6) is 0.125. The van der Waals surface area contributed by atoms with E-state index in [1.165, 1.54) is 95.6 Å². The first-order valence-electron chi connectivity index (χ1n) is 15.0. The minimum atomic E-state index is -5.76. The number of benzene rings is 2. The first kappa shape index (κ1) is 37.2. The van der Waals surface area contributed by atoms with E-state index in [2.05, 4.69) is 11.1 Å². The van der Waals surface area contributed by atoms with Crippen LogP contribution in [-0.4, -0.2) is 20.5 Å². The Morgan fingerprint density at radius 2 is 1.17 bits per heavy atom. The average Bonchev–Trinajstić information content (AvgIpc) is 2.91. The van der Waals surface area contributed by atoms with Crippen LogP contribution in [-0.2, 0) is 30.0 Å². The number of rotatable bonds is 22. The van der Waals surface area contributed by atoms with Gasteiger partial charge in [-0.2, -0.15) is 21.6 Å².